The highest BCUT2D eigenvalue weighted by molar-refractivity contribution is 6.35. The number of hydrazine groups is 1. The van der Waals surface area contributed by atoms with E-state index in [2.05, 4.69) is 10.4 Å². The van der Waals surface area contributed by atoms with Crippen LogP contribution in [0.15, 0.2) is 36.5 Å². The summed E-state index contributed by atoms with van der Waals surface area (Å²) in [6.45, 7) is 0.521. The zero-order valence-corrected chi connectivity index (χ0v) is 13.7. The van der Waals surface area contributed by atoms with Crippen LogP contribution >= 0.6 is 23.2 Å². The molecule has 122 valence electrons. The second-order valence-electron chi connectivity index (χ2n) is 5.25. The summed E-state index contributed by atoms with van der Waals surface area (Å²) in [4.78, 5) is 5.95. The molecule has 2 heterocycles. The molecular weight excluding hydrogens is 337 g/mol. The molecule has 2 atom stereocenters. The molecule has 0 saturated carbocycles. The molecule has 3 rings (SSSR count). The van der Waals surface area contributed by atoms with Gasteiger partial charge in [0, 0.05) is 22.8 Å². The van der Waals surface area contributed by atoms with Gasteiger partial charge in [-0.25, -0.2) is 15.3 Å². The summed E-state index contributed by atoms with van der Waals surface area (Å²) in [7, 11) is 0. The molecule has 0 bridgehead atoms. The second kappa shape index (κ2) is 6.48. The summed E-state index contributed by atoms with van der Waals surface area (Å²) in [6.07, 6.45) is 0.755. The number of aromatic nitrogens is 1. The Balaban J connectivity index is 1.80. The van der Waals surface area contributed by atoms with Gasteiger partial charge in [0.1, 0.15) is 12.1 Å². The van der Waals surface area contributed by atoms with E-state index in [0.717, 1.165) is 11.3 Å². The molecule has 0 radical (unpaired) electrons. The Hall–Kier alpha value is -1.61. The van der Waals surface area contributed by atoms with Crippen molar-refractivity contribution in [3.8, 4) is 0 Å². The quantitative estimate of drug-likeness (QED) is 0.657. The van der Waals surface area contributed by atoms with Crippen LogP contribution in [0.2, 0.25) is 10.0 Å². The molecule has 2 aromatic rings. The molecule has 1 aliphatic heterocycles. The number of hydrogen-bond acceptors (Lipinski definition) is 7. The molecule has 9 heteroatoms. The van der Waals surface area contributed by atoms with Gasteiger partial charge in [0.15, 0.2) is 6.29 Å². The van der Waals surface area contributed by atoms with Gasteiger partial charge in [0.2, 0.25) is 0 Å². The molecule has 0 aliphatic carbocycles. The van der Waals surface area contributed by atoms with Crippen LogP contribution in [-0.4, -0.2) is 22.5 Å². The maximum atomic E-state index is 6.30. The first kappa shape index (κ1) is 16.3. The van der Waals surface area contributed by atoms with Crippen LogP contribution in [0.3, 0.4) is 0 Å². The van der Waals surface area contributed by atoms with E-state index < -0.39 is 12.6 Å². The highest BCUT2D eigenvalue weighted by Gasteiger charge is 2.35. The fraction of sp³-hybridized carbons (Fsp3) is 0.214. The molecule has 7 N–H and O–H groups in total. The summed E-state index contributed by atoms with van der Waals surface area (Å²) in [6, 6.07) is 8.82. The monoisotopic (exact) mass is 353 g/mol. The summed E-state index contributed by atoms with van der Waals surface area (Å²) in [5.74, 6) is 0.470. The summed E-state index contributed by atoms with van der Waals surface area (Å²) < 4.78 is 0. The van der Waals surface area contributed by atoms with Crippen molar-refractivity contribution in [3.63, 3.8) is 0 Å². The van der Waals surface area contributed by atoms with E-state index >= 15 is 0 Å². The van der Waals surface area contributed by atoms with Crippen LogP contribution in [0.25, 0.3) is 0 Å². The maximum absolute atomic E-state index is 6.30. The highest BCUT2D eigenvalue weighted by Crippen LogP contribution is 2.28. The average Bonchev–Trinajstić information content (AvgIpc) is 2.76. The van der Waals surface area contributed by atoms with Crippen LogP contribution in [-0.2, 0) is 6.54 Å². The standard InChI is InChI=1S/C14H17Cl2N7/c15-9-3-10(16)5-11(4-9)23-14(19)22(13(18)21-23)7-8-1-2-12(17)20-6-8/h1-6,13-14,21H,7,18-19H2,(H2,17,20). The number of nitrogens with two attached hydrogens (primary N) is 3. The topological polar surface area (TPSA) is 109 Å². The number of anilines is 2. The van der Waals surface area contributed by atoms with Gasteiger partial charge in [-0.05, 0) is 29.8 Å². The minimum absolute atomic E-state index is 0.458. The van der Waals surface area contributed by atoms with Gasteiger partial charge in [-0.3, -0.25) is 10.7 Å². The number of nitrogen functional groups attached to an aromatic ring is 1. The zero-order valence-electron chi connectivity index (χ0n) is 12.2. The predicted molar refractivity (Wildman–Crippen MR) is 92.2 cm³/mol. The first-order valence-corrected chi connectivity index (χ1v) is 7.68. The Morgan fingerprint density at radius 2 is 1.83 bits per heavy atom. The Morgan fingerprint density at radius 1 is 1.13 bits per heavy atom. The second-order valence-corrected chi connectivity index (χ2v) is 6.12. The van der Waals surface area contributed by atoms with Gasteiger partial charge in [-0.1, -0.05) is 29.3 Å². The normalized spacial score (nSPS) is 21.8. The van der Waals surface area contributed by atoms with Crippen LogP contribution < -0.4 is 27.6 Å². The van der Waals surface area contributed by atoms with Crippen molar-refractivity contribution in [3.05, 3.63) is 52.1 Å². The first-order chi connectivity index (χ1) is 10.9. The summed E-state index contributed by atoms with van der Waals surface area (Å²) >= 11 is 12.1. The largest absolute Gasteiger partial charge is 0.384 e. The van der Waals surface area contributed by atoms with Crippen molar-refractivity contribution in [2.75, 3.05) is 10.7 Å². The molecule has 0 spiro atoms. The van der Waals surface area contributed by atoms with Crippen molar-refractivity contribution in [1.82, 2.24) is 15.3 Å². The molecule has 1 aromatic heterocycles. The Bertz CT molecular complexity index is 674. The van der Waals surface area contributed by atoms with Crippen molar-refractivity contribution >= 4 is 34.7 Å². The van der Waals surface area contributed by atoms with E-state index in [4.69, 9.17) is 40.4 Å². The molecule has 1 aromatic carbocycles. The maximum Gasteiger partial charge on any atom is 0.152 e. The summed E-state index contributed by atoms with van der Waals surface area (Å²) in [5, 5.41) is 2.78. The number of rotatable bonds is 3. The van der Waals surface area contributed by atoms with Gasteiger partial charge in [0.25, 0.3) is 0 Å². The lowest BCUT2D eigenvalue weighted by Crippen LogP contribution is -2.48. The SMILES string of the molecule is Nc1ccc(CN2C(N)NN(c3cc(Cl)cc(Cl)c3)C2N)cn1. The third-order valence-corrected chi connectivity index (χ3v) is 4.01. The van der Waals surface area contributed by atoms with E-state index in [-0.39, 0.29) is 0 Å². The number of nitrogens with zero attached hydrogens (tertiary/aromatic N) is 3. The fourth-order valence-electron chi connectivity index (χ4n) is 2.44. The molecule has 2 unspecified atom stereocenters. The number of benzene rings is 1. The van der Waals surface area contributed by atoms with Crippen LogP contribution in [0.1, 0.15) is 5.56 Å². The first-order valence-electron chi connectivity index (χ1n) is 6.93. The van der Waals surface area contributed by atoms with Crippen LogP contribution in [0.4, 0.5) is 11.5 Å². The highest BCUT2D eigenvalue weighted by atomic mass is 35.5. The lowest BCUT2D eigenvalue weighted by Gasteiger charge is -2.27. The van der Waals surface area contributed by atoms with Crippen molar-refractivity contribution in [2.45, 2.75) is 19.1 Å². The molecule has 7 nitrogen and oxygen atoms in total. The number of hydrogen-bond donors (Lipinski definition) is 4. The van der Waals surface area contributed by atoms with Crippen LogP contribution in [0, 0.1) is 0 Å². The lowest BCUT2D eigenvalue weighted by atomic mass is 10.2. The minimum Gasteiger partial charge on any atom is -0.384 e. The molecule has 1 aliphatic rings. The fourth-order valence-corrected chi connectivity index (χ4v) is 2.96. The smallest absolute Gasteiger partial charge is 0.152 e. The Kier molecular flexibility index (Phi) is 4.58. The van der Waals surface area contributed by atoms with E-state index in [9.17, 15) is 0 Å². The van der Waals surface area contributed by atoms with Crippen molar-refractivity contribution in [2.24, 2.45) is 11.5 Å². The Morgan fingerprint density at radius 3 is 2.43 bits per heavy atom. The van der Waals surface area contributed by atoms with Crippen molar-refractivity contribution in [1.29, 1.82) is 0 Å². The van der Waals surface area contributed by atoms with E-state index in [1.165, 1.54) is 0 Å². The van der Waals surface area contributed by atoms with Gasteiger partial charge in [-0.2, -0.15) is 0 Å². The van der Waals surface area contributed by atoms with Gasteiger partial charge >= 0.3 is 0 Å². The van der Waals surface area contributed by atoms with Crippen molar-refractivity contribution < 1.29 is 0 Å². The number of nitrogens with one attached hydrogen (secondary N) is 1. The molecule has 1 fully saturated rings. The number of halogens is 2. The van der Waals surface area contributed by atoms with E-state index in [1.54, 1.807) is 35.5 Å². The van der Waals surface area contributed by atoms with Gasteiger partial charge < -0.3 is 11.5 Å². The molecule has 1 saturated heterocycles. The predicted octanol–water partition coefficient (Wildman–Crippen LogP) is 1.28. The van der Waals surface area contributed by atoms with Crippen LogP contribution in [0.5, 0.6) is 0 Å². The lowest BCUT2D eigenvalue weighted by molar-refractivity contribution is 0.184. The third kappa shape index (κ3) is 3.50. The number of pyridine rings is 1. The zero-order chi connectivity index (χ0) is 16.6. The molecule has 0 amide bonds. The molecule has 23 heavy (non-hydrogen) atoms. The third-order valence-electron chi connectivity index (χ3n) is 3.57. The summed E-state index contributed by atoms with van der Waals surface area (Å²) in [5.41, 5.74) is 22.8. The van der Waals surface area contributed by atoms with Gasteiger partial charge in [-0.15, -0.1) is 0 Å². The van der Waals surface area contributed by atoms with Gasteiger partial charge in [0.05, 0.1) is 5.69 Å². The van der Waals surface area contributed by atoms with E-state index in [0.29, 0.717) is 22.4 Å². The average molecular weight is 354 g/mol. The minimum atomic E-state index is -0.489. The van der Waals surface area contributed by atoms with E-state index in [1.807, 2.05) is 11.0 Å². The Labute approximate surface area is 143 Å². The molecular formula is C14H17Cl2N7.